The summed E-state index contributed by atoms with van der Waals surface area (Å²) >= 11 is 0. The van der Waals surface area contributed by atoms with Gasteiger partial charge in [-0.25, -0.2) is 8.42 Å². The molecule has 0 aliphatic rings. The third-order valence-electron chi connectivity index (χ3n) is 2.91. The van der Waals surface area contributed by atoms with E-state index in [1.807, 2.05) is 19.1 Å². The Balaban J connectivity index is 3.41. The quantitative estimate of drug-likeness (QED) is 0.617. The van der Waals surface area contributed by atoms with Gasteiger partial charge in [-0.2, -0.15) is 4.31 Å². The first kappa shape index (κ1) is 16.3. The summed E-state index contributed by atoms with van der Waals surface area (Å²) in [6.45, 7) is 9.16. The summed E-state index contributed by atoms with van der Waals surface area (Å²) in [6.07, 6.45) is 6.82. The van der Waals surface area contributed by atoms with E-state index in [4.69, 9.17) is 6.42 Å². The lowest BCUT2D eigenvalue weighted by atomic mass is 10.1. The molecule has 0 amide bonds. The number of hydrogen-bond donors (Lipinski definition) is 0. The van der Waals surface area contributed by atoms with E-state index in [0.717, 1.165) is 16.7 Å². The van der Waals surface area contributed by atoms with Crippen LogP contribution in [-0.4, -0.2) is 25.8 Å². The van der Waals surface area contributed by atoms with E-state index < -0.39 is 10.0 Å². The molecule has 0 aromatic heterocycles. The lowest BCUT2D eigenvalue weighted by molar-refractivity contribution is 0.477. The van der Waals surface area contributed by atoms with Gasteiger partial charge in [0.1, 0.15) is 0 Å². The highest BCUT2D eigenvalue weighted by Crippen LogP contribution is 2.25. The van der Waals surface area contributed by atoms with Crippen molar-refractivity contribution in [1.29, 1.82) is 0 Å². The van der Waals surface area contributed by atoms with Crippen LogP contribution < -0.4 is 0 Å². The van der Waals surface area contributed by atoms with E-state index in [2.05, 4.69) is 18.2 Å². The zero-order valence-electron chi connectivity index (χ0n) is 12.1. The Morgan fingerprint density at radius 1 is 1.30 bits per heavy atom. The molecular weight excluding hydrogens is 270 g/mol. The standard InChI is InChI=1S/C16H19NO2S/c1-6-8-10-17(9-7-2)20(18,19)16-14(4)11-13(3)12-15(16)5/h2,8,11-12H,1,9-10H2,3-5H3. The molecule has 0 fully saturated rings. The molecule has 106 valence electrons. The highest BCUT2D eigenvalue weighted by atomic mass is 32.2. The molecule has 0 unspecified atom stereocenters. The Morgan fingerprint density at radius 3 is 2.30 bits per heavy atom. The van der Waals surface area contributed by atoms with E-state index in [0.29, 0.717) is 4.90 Å². The van der Waals surface area contributed by atoms with E-state index in [-0.39, 0.29) is 13.1 Å². The fraction of sp³-hybridized carbons (Fsp3) is 0.312. The summed E-state index contributed by atoms with van der Waals surface area (Å²) in [5.74, 6) is 2.38. The molecule has 1 aromatic carbocycles. The maximum Gasteiger partial charge on any atom is 0.244 e. The normalized spacial score (nSPS) is 10.9. The highest BCUT2D eigenvalue weighted by Gasteiger charge is 2.26. The van der Waals surface area contributed by atoms with Crippen LogP contribution in [0.1, 0.15) is 16.7 Å². The number of sulfonamides is 1. The van der Waals surface area contributed by atoms with Crippen molar-refractivity contribution < 1.29 is 8.42 Å². The summed E-state index contributed by atoms with van der Waals surface area (Å²) in [5.41, 5.74) is 5.06. The lowest BCUT2D eigenvalue weighted by Crippen LogP contribution is -2.32. The van der Waals surface area contributed by atoms with Crippen LogP contribution in [0.25, 0.3) is 0 Å². The molecule has 0 spiro atoms. The average Bonchev–Trinajstić information content (AvgIpc) is 2.32. The third kappa shape index (κ3) is 3.40. The average molecular weight is 289 g/mol. The molecule has 0 aliphatic heterocycles. The first-order valence-corrected chi connectivity index (χ1v) is 7.64. The largest absolute Gasteiger partial charge is 0.244 e. The monoisotopic (exact) mass is 289 g/mol. The minimum Gasteiger partial charge on any atom is -0.207 e. The minimum atomic E-state index is -3.62. The van der Waals surface area contributed by atoms with Crippen LogP contribution in [0.5, 0.6) is 0 Å². The topological polar surface area (TPSA) is 37.4 Å². The van der Waals surface area contributed by atoms with Crippen LogP contribution in [-0.2, 0) is 10.0 Å². The molecule has 0 saturated heterocycles. The summed E-state index contributed by atoms with van der Waals surface area (Å²) in [4.78, 5) is 0.329. The molecule has 4 heteroatoms. The van der Waals surface area contributed by atoms with Crippen molar-refractivity contribution in [3.05, 3.63) is 47.2 Å². The van der Waals surface area contributed by atoms with Gasteiger partial charge in [-0.1, -0.05) is 30.2 Å². The molecule has 0 aliphatic carbocycles. The van der Waals surface area contributed by atoms with Gasteiger partial charge in [0.05, 0.1) is 11.4 Å². The van der Waals surface area contributed by atoms with Gasteiger partial charge in [0.2, 0.25) is 10.0 Å². The van der Waals surface area contributed by atoms with Crippen LogP contribution in [0.2, 0.25) is 0 Å². The van der Waals surface area contributed by atoms with Crippen LogP contribution in [0.4, 0.5) is 0 Å². The molecular formula is C16H19NO2S. The van der Waals surface area contributed by atoms with Crippen LogP contribution >= 0.6 is 0 Å². The van der Waals surface area contributed by atoms with E-state index in [1.54, 1.807) is 19.9 Å². The van der Waals surface area contributed by atoms with Gasteiger partial charge in [-0.05, 0) is 38.0 Å². The maximum atomic E-state index is 12.7. The van der Waals surface area contributed by atoms with Gasteiger partial charge in [-0.15, -0.1) is 12.2 Å². The number of aryl methyl sites for hydroxylation is 3. The second-order valence-electron chi connectivity index (χ2n) is 4.64. The SMILES string of the molecule is C#CCN(CC=C=C)S(=O)(=O)c1c(C)cc(C)cc1C. The van der Waals surface area contributed by atoms with Gasteiger partial charge in [0, 0.05) is 6.54 Å². The number of hydrogen-bond acceptors (Lipinski definition) is 2. The van der Waals surface area contributed by atoms with Crippen LogP contribution in [0.3, 0.4) is 0 Å². The molecule has 0 heterocycles. The van der Waals surface area contributed by atoms with Gasteiger partial charge in [-0.3, -0.25) is 0 Å². The summed E-state index contributed by atoms with van der Waals surface area (Å²) < 4.78 is 26.7. The second-order valence-corrected chi connectivity index (χ2v) is 6.51. The third-order valence-corrected chi connectivity index (χ3v) is 5.03. The summed E-state index contributed by atoms with van der Waals surface area (Å²) in [7, 11) is -3.62. The molecule has 1 rings (SSSR count). The lowest BCUT2D eigenvalue weighted by Gasteiger charge is -2.21. The molecule has 0 N–H and O–H groups in total. The zero-order chi connectivity index (χ0) is 15.3. The van der Waals surface area contributed by atoms with Crippen molar-refractivity contribution in [2.75, 3.05) is 13.1 Å². The number of nitrogens with zero attached hydrogens (tertiary/aromatic N) is 1. The first-order valence-electron chi connectivity index (χ1n) is 6.20. The molecule has 0 atom stereocenters. The number of benzene rings is 1. The predicted octanol–water partition coefficient (Wildman–Crippen LogP) is 2.58. The molecule has 0 radical (unpaired) electrons. The van der Waals surface area contributed by atoms with E-state index in [9.17, 15) is 8.42 Å². The van der Waals surface area contributed by atoms with Crippen molar-refractivity contribution in [2.45, 2.75) is 25.7 Å². The van der Waals surface area contributed by atoms with Crippen molar-refractivity contribution in [3.8, 4) is 12.3 Å². The summed E-state index contributed by atoms with van der Waals surface area (Å²) in [6, 6.07) is 3.72. The van der Waals surface area contributed by atoms with Gasteiger partial charge < -0.3 is 0 Å². The predicted molar refractivity (Wildman–Crippen MR) is 82.0 cm³/mol. The Hall–Kier alpha value is -1.79. The number of rotatable bonds is 5. The molecule has 20 heavy (non-hydrogen) atoms. The fourth-order valence-corrected chi connectivity index (χ4v) is 3.92. The van der Waals surface area contributed by atoms with Crippen LogP contribution in [0, 0.1) is 33.1 Å². The molecule has 0 bridgehead atoms. The molecule has 0 saturated carbocycles. The van der Waals surface area contributed by atoms with E-state index >= 15 is 0 Å². The Morgan fingerprint density at radius 2 is 1.85 bits per heavy atom. The maximum absolute atomic E-state index is 12.7. The van der Waals surface area contributed by atoms with Crippen molar-refractivity contribution in [1.82, 2.24) is 4.31 Å². The molecule has 3 nitrogen and oxygen atoms in total. The highest BCUT2D eigenvalue weighted by molar-refractivity contribution is 7.89. The Labute approximate surface area is 121 Å². The minimum absolute atomic E-state index is 0.0211. The smallest absolute Gasteiger partial charge is 0.207 e. The van der Waals surface area contributed by atoms with Crippen molar-refractivity contribution >= 4 is 10.0 Å². The summed E-state index contributed by atoms with van der Waals surface area (Å²) in [5, 5.41) is 0. The number of terminal acetylenes is 1. The fourth-order valence-electron chi connectivity index (χ4n) is 2.22. The van der Waals surface area contributed by atoms with Gasteiger partial charge in [0.15, 0.2) is 0 Å². The zero-order valence-corrected chi connectivity index (χ0v) is 12.9. The van der Waals surface area contributed by atoms with Crippen molar-refractivity contribution in [3.63, 3.8) is 0 Å². The van der Waals surface area contributed by atoms with Gasteiger partial charge >= 0.3 is 0 Å². The van der Waals surface area contributed by atoms with Gasteiger partial charge in [0.25, 0.3) is 0 Å². The van der Waals surface area contributed by atoms with E-state index in [1.165, 1.54) is 4.31 Å². The molecule has 1 aromatic rings. The Kier molecular flexibility index (Phi) is 5.35. The van der Waals surface area contributed by atoms with Crippen molar-refractivity contribution in [2.24, 2.45) is 0 Å². The second kappa shape index (κ2) is 6.58. The first-order chi connectivity index (χ1) is 9.34. The Bertz CT molecular complexity index is 667. The van der Waals surface area contributed by atoms with Crippen LogP contribution in [0.15, 0.2) is 35.4 Å².